The minimum Gasteiger partial charge on any atom is -0.347 e. The Labute approximate surface area is 120 Å². The Morgan fingerprint density at radius 2 is 2.16 bits per heavy atom. The first kappa shape index (κ1) is 13.5. The second-order valence-corrected chi connectivity index (χ2v) is 4.62. The third kappa shape index (κ3) is 3.28. The van der Waals surface area contributed by atoms with E-state index in [4.69, 9.17) is 28.5 Å². The molecule has 0 radical (unpaired) electrons. The van der Waals surface area contributed by atoms with Crippen LogP contribution in [0, 0.1) is 11.3 Å². The summed E-state index contributed by atoms with van der Waals surface area (Å²) >= 11 is 11.5. The number of amides is 1. The van der Waals surface area contributed by atoms with Crippen LogP contribution in [0.15, 0.2) is 30.3 Å². The highest BCUT2D eigenvalue weighted by atomic mass is 35.5. The molecule has 0 aliphatic carbocycles. The van der Waals surface area contributed by atoms with Crippen LogP contribution in [-0.2, 0) is 6.54 Å². The zero-order valence-electron chi connectivity index (χ0n) is 9.71. The Morgan fingerprint density at radius 3 is 2.79 bits per heavy atom. The van der Waals surface area contributed by atoms with E-state index in [0.717, 1.165) is 5.56 Å². The summed E-state index contributed by atoms with van der Waals surface area (Å²) in [7, 11) is 0. The second kappa shape index (κ2) is 5.79. The molecule has 2 N–H and O–H groups in total. The summed E-state index contributed by atoms with van der Waals surface area (Å²) < 4.78 is 0. The number of aromatic nitrogens is 1. The number of carbonyl (C=O) groups is 1. The van der Waals surface area contributed by atoms with Gasteiger partial charge in [0.25, 0.3) is 5.91 Å². The molecule has 0 saturated heterocycles. The topological polar surface area (TPSA) is 68.7 Å². The molecular formula is C13H9Cl2N3O. The number of rotatable bonds is 3. The maximum atomic E-state index is 11.8. The summed E-state index contributed by atoms with van der Waals surface area (Å²) in [6.07, 6.45) is 0. The van der Waals surface area contributed by atoms with Crippen molar-refractivity contribution < 1.29 is 4.79 Å². The van der Waals surface area contributed by atoms with E-state index < -0.39 is 0 Å². The van der Waals surface area contributed by atoms with E-state index in [2.05, 4.69) is 10.3 Å². The molecule has 0 bridgehead atoms. The highest BCUT2D eigenvalue weighted by Gasteiger charge is 2.11. The summed E-state index contributed by atoms with van der Waals surface area (Å²) in [6.45, 7) is 0.322. The Balaban J connectivity index is 2.02. The summed E-state index contributed by atoms with van der Waals surface area (Å²) in [5.74, 6) is -0.309. The quantitative estimate of drug-likeness (QED) is 0.913. The summed E-state index contributed by atoms with van der Waals surface area (Å²) in [6, 6.07) is 10.5. The van der Waals surface area contributed by atoms with Gasteiger partial charge in [0.05, 0.1) is 16.7 Å². The van der Waals surface area contributed by atoms with Crippen molar-refractivity contribution in [3.05, 3.63) is 57.3 Å². The molecule has 6 heteroatoms. The van der Waals surface area contributed by atoms with E-state index in [0.29, 0.717) is 22.8 Å². The highest BCUT2D eigenvalue weighted by Crippen LogP contribution is 2.21. The van der Waals surface area contributed by atoms with Gasteiger partial charge < -0.3 is 10.3 Å². The zero-order chi connectivity index (χ0) is 13.8. The lowest BCUT2D eigenvalue weighted by Gasteiger charge is -2.04. The molecule has 2 aromatic rings. The van der Waals surface area contributed by atoms with Gasteiger partial charge >= 0.3 is 0 Å². The molecule has 0 aliphatic heterocycles. The minimum absolute atomic E-state index is 0.235. The number of nitrogens with zero attached hydrogens (tertiary/aromatic N) is 1. The van der Waals surface area contributed by atoms with Crippen molar-refractivity contribution in [2.24, 2.45) is 0 Å². The van der Waals surface area contributed by atoms with Crippen LogP contribution in [0.4, 0.5) is 0 Å². The first-order valence-electron chi connectivity index (χ1n) is 5.41. The molecule has 1 aromatic heterocycles. The number of nitriles is 1. The van der Waals surface area contributed by atoms with Crippen molar-refractivity contribution >= 4 is 29.1 Å². The molecule has 0 fully saturated rings. The molecule has 1 aromatic carbocycles. The normalized spacial score (nSPS) is 9.95. The van der Waals surface area contributed by atoms with Gasteiger partial charge in [-0.25, -0.2) is 0 Å². The molecule has 0 aliphatic rings. The Morgan fingerprint density at radius 1 is 1.37 bits per heavy atom. The first-order valence-corrected chi connectivity index (χ1v) is 6.17. The van der Waals surface area contributed by atoms with Crippen molar-refractivity contribution in [1.29, 1.82) is 5.26 Å². The number of hydrogen-bond donors (Lipinski definition) is 2. The third-order valence-electron chi connectivity index (χ3n) is 2.48. The van der Waals surface area contributed by atoms with Gasteiger partial charge in [-0.05, 0) is 23.8 Å². The molecule has 1 heterocycles. The Hall–Kier alpha value is -1.96. The molecule has 4 nitrogen and oxygen atoms in total. The number of aromatic amines is 1. The fourth-order valence-corrected chi connectivity index (χ4v) is 1.87. The van der Waals surface area contributed by atoms with E-state index in [1.54, 1.807) is 18.2 Å². The van der Waals surface area contributed by atoms with Gasteiger partial charge in [0, 0.05) is 6.54 Å². The lowest BCUT2D eigenvalue weighted by Crippen LogP contribution is -2.23. The molecule has 96 valence electrons. The Bertz CT molecular complexity index is 639. The molecule has 0 atom stereocenters. The van der Waals surface area contributed by atoms with Crippen molar-refractivity contribution in [2.45, 2.75) is 6.54 Å². The fraction of sp³-hybridized carbons (Fsp3) is 0.0769. The number of H-pyrrole nitrogens is 1. The number of halogens is 2. The average Bonchev–Trinajstić information content (AvgIpc) is 2.76. The van der Waals surface area contributed by atoms with Crippen molar-refractivity contribution in [2.75, 3.05) is 0 Å². The van der Waals surface area contributed by atoms with Crippen molar-refractivity contribution in [3.63, 3.8) is 0 Å². The molecule has 0 saturated carbocycles. The van der Waals surface area contributed by atoms with Crippen molar-refractivity contribution in [1.82, 2.24) is 10.3 Å². The second-order valence-electron chi connectivity index (χ2n) is 3.84. The lowest BCUT2D eigenvalue weighted by molar-refractivity contribution is 0.0946. The SMILES string of the molecule is N#Cc1cccc(CNC(=O)c2cc(Cl)c(Cl)[nH]2)c1. The van der Waals surface area contributed by atoms with E-state index in [-0.39, 0.29) is 11.1 Å². The maximum absolute atomic E-state index is 11.8. The van der Waals surface area contributed by atoms with Crippen molar-refractivity contribution in [3.8, 4) is 6.07 Å². The van der Waals surface area contributed by atoms with E-state index in [9.17, 15) is 4.79 Å². The van der Waals surface area contributed by atoms with E-state index in [1.807, 2.05) is 12.1 Å². The first-order chi connectivity index (χ1) is 9.10. The number of benzene rings is 1. The van der Waals surface area contributed by atoms with Crippen LogP contribution in [0.1, 0.15) is 21.6 Å². The van der Waals surface area contributed by atoms with Gasteiger partial charge in [-0.2, -0.15) is 5.26 Å². The summed E-state index contributed by atoms with van der Waals surface area (Å²) in [5.41, 5.74) is 1.69. The van der Waals surface area contributed by atoms with Crippen LogP contribution in [0.3, 0.4) is 0 Å². The standard InChI is InChI=1S/C13H9Cl2N3O/c14-10-5-11(18-12(10)15)13(19)17-7-9-3-1-2-8(4-9)6-16/h1-5,18H,7H2,(H,17,19). The third-order valence-corrected chi connectivity index (χ3v) is 3.17. The smallest absolute Gasteiger partial charge is 0.268 e. The lowest BCUT2D eigenvalue weighted by atomic mass is 10.1. The van der Waals surface area contributed by atoms with Gasteiger partial charge in [0.15, 0.2) is 0 Å². The predicted molar refractivity (Wildman–Crippen MR) is 73.1 cm³/mol. The number of hydrogen-bond acceptors (Lipinski definition) is 2. The van der Waals surface area contributed by atoms with Crippen LogP contribution in [0.2, 0.25) is 10.2 Å². The van der Waals surface area contributed by atoms with Crippen LogP contribution in [0.25, 0.3) is 0 Å². The summed E-state index contributed by atoms with van der Waals surface area (Å²) in [5, 5.41) is 12.0. The average molecular weight is 294 g/mol. The van der Waals surface area contributed by atoms with Gasteiger partial charge in [-0.15, -0.1) is 0 Å². The molecule has 2 rings (SSSR count). The summed E-state index contributed by atoms with van der Waals surface area (Å²) in [4.78, 5) is 14.5. The van der Waals surface area contributed by atoms with Crippen LogP contribution >= 0.6 is 23.2 Å². The largest absolute Gasteiger partial charge is 0.347 e. The van der Waals surface area contributed by atoms with Gasteiger partial charge in [-0.1, -0.05) is 35.3 Å². The molecular weight excluding hydrogens is 285 g/mol. The van der Waals surface area contributed by atoms with Crippen LogP contribution in [-0.4, -0.2) is 10.9 Å². The molecule has 1 amide bonds. The van der Waals surface area contributed by atoms with Crippen LogP contribution in [0.5, 0.6) is 0 Å². The van der Waals surface area contributed by atoms with E-state index >= 15 is 0 Å². The Kier molecular flexibility index (Phi) is 4.10. The number of nitrogens with one attached hydrogen (secondary N) is 2. The molecule has 0 unspecified atom stereocenters. The zero-order valence-corrected chi connectivity index (χ0v) is 11.2. The minimum atomic E-state index is -0.309. The van der Waals surface area contributed by atoms with Gasteiger partial charge in [0.2, 0.25) is 0 Å². The van der Waals surface area contributed by atoms with Crippen LogP contribution < -0.4 is 5.32 Å². The maximum Gasteiger partial charge on any atom is 0.268 e. The van der Waals surface area contributed by atoms with E-state index in [1.165, 1.54) is 6.07 Å². The molecule has 0 spiro atoms. The van der Waals surface area contributed by atoms with Gasteiger partial charge in [-0.3, -0.25) is 4.79 Å². The highest BCUT2D eigenvalue weighted by molar-refractivity contribution is 6.41. The number of carbonyl (C=O) groups excluding carboxylic acids is 1. The van der Waals surface area contributed by atoms with Gasteiger partial charge in [0.1, 0.15) is 10.8 Å². The molecule has 19 heavy (non-hydrogen) atoms. The fourth-order valence-electron chi connectivity index (χ4n) is 1.55. The predicted octanol–water partition coefficient (Wildman–Crippen LogP) is 3.12. The monoisotopic (exact) mass is 293 g/mol.